The fourth-order valence-electron chi connectivity index (χ4n) is 7.31. The van der Waals surface area contributed by atoms with Gasteiger partial charge in [-0.2, -0.15) is 0 Å². The average molecular weight is 563 g/mol. The number of morpholine rings is 1. The summed E-state index contributed by atoms with van der Waals surface area (Å²) in [5, 5.41) is 0. The first-order valence-electron chi connectivity index (χ1n) is 14.8. The van der Waals surface area contributed by atoms with Gasteiger partial charge in [0.1, 0.15) is 17.5 Å². The highest BCUT2D eigenvalue weighted by molar-refractivity contribution is 5.89. The molecular formula is C33H42N2O6. The van der Waals surface area contributed by atoms with Crippen LogP contribution in [0.2, 0.25) is 0 Å². The highest BCUT2D eigenvalue weighted by Crippen LogP contribution is 2.56. The minimum absolute atomic E-state index is 0.107. The Morgan fingerprint density at radius 3 is 2.24 bits per heavy atom. The molecule has 1 amide bonds. The maximum atomic E-state index is 14.1. The second kappa shape index (κ2) is 10.5. The summed E-state index contributed by atoms with van der Waals surface area (Å²) in [6, 6.07) is 20.2. The zero-order valence-electron chi connectivity index (χ0n) is 24.7. The number of fused-ring (bicyclic) bond motifs is 2. The van der Waals surface area contributed by atoms with Crippen molar-refractivity contribution in [3.63, 3.8) is 0 Å². The van der Waals surface area contributed by atoms with Crippen LogP contribution in [-0.2, 0) is 23.7 Å². The van der Waals surface area contributed by atoms with E-state index >= 15 is 0 Å². The Balaban J connectivity index is 1.43. The first-order valence-corrected chi connectivity index (χ1v) is 14.8. The van der Waals surface area contributed by atoms with E-state index in [4.69, 9.17) is 18.9 Å². The van der Waals surface area contributed by atoms with Crippen LogP contribution in [0.25, 0.3) is 0 Å². The van der Waals surface area contributed by atoms with Gasteiger partial charge >= 0.3 is 6.09 Å². The lowest BCUT2D eigenvalue weighted by Crippen LogP contribution is -2.61. The molecule has 8 nitrogen and oxygen atoms in total. The normalized spacial score (nSPS) is 33.6. The molecule has 0 radical (unpaired) electrons. The van der Waals surface area contributed by atoms with Gasteiger partial charge in [0.05, 0.1) is 30.8 Å². The van der Waals surface area contributed by atoms with Gasteiger partial charge in [-0.25, -0.2) is 4.79 Å². The fraction of sp³-hybridized carbons (Fsp3) is 0.576. The van der Waals surface area contributed by atoms with Crippen molar-refractivity contribution >= 4 is 11.9 Å². The molecule has 4 fully saturated rings. The van der Waals surface area contributed by atoms with E-state index in [9.17, 15) is 9.59 Å². The number of carbonyl (C=O) groups excluding carboxylic acids is 2. The molecule has 2 aromatic rings. The van der Waals surface area contributed by atoms with Gasteiger partial charge in [0.25, 0.3) is 0 Å². The van der Waals surface area contributed by atoms with Crippen LogP contribution >= 0.6 is 0 Å². The molecule has 220 valence electrons. The van der Waals surface area contributed by atoms with Gasteiger partial charge in [-0.3, -0.25) is 9.69 Å². The van der Waals surface area contributed by atoms with Gasteiger partial charge in [-0.05, 0) is 52.2 Å². The molecule has 41 heavy (non-hydrogen) atoms. The minimum atomic E-state index is -0.801. The summed E-state index contributed by atoms with van der Waals surface area (Å²) in [4.78, 5) is 31.6. The molecule has 0 saturated carbocycles. The van der Waals surface area contributed by atoms with Gasteiger partial charge < -0.3 is 23.8 Å². The number of piperidine rings is 1. The molecule has 4 heterocycles. The number of likely N-dealkylation sites (tertiary alicyclic amines) is 1. The van der Waals surface area contributed by atoms with E-state index in [0.29, 0.717) is 39.1 Å². The summed E-state index contributed by atoms with van der Waals surface area (Å²) in [6.45, 7) is 11.0. The van der Waals surface area contributed by atoms with Crippen molar-refractivity contribution < 1.29 is 28.5 Å². The second-order valence-corrected chi connectivity index (χ2v) is 13.4. The summed E-state index contributed by atoms with van der Waals surface area (Å²) in [6.07, 6.45) is 0.0241. The van der Waals surface area contributed by atoms with Gasteiger partial charge in [0.2, 0.25) is 0 Å². The highest BCUT2D eigenvalue weighted by Gasteiger charge is 2.64. The second-order valence-electron chi connectivity index (χ2n) is 13.4. The topological polar surface area (TPSA) is 77.5 Å². The number of nitrogens with zero attached hydrogens (tertiary/aromatic N) is 2. The van der Waals surface area contributed by atoms with E-state index in [2.05, 4.69) is 41.3 Å². The number of carbonyl (C=O) groups is 2. The van der Waals surface area contributed by atoms with Crippen LogP contribution in [0, 0.1) is 5.41 Å². The Hall–Kier alpha value is -2.78. The first kappa shape index (κ1) is 28.3. The number of Topliss-reactive ketones (excluding diaryl/α,β-unsaturated/α-hetero) is 1. The zero-order valence-corrected chi connectivity index (χ0v) is 24.7. The largest absolute Gasteiger partial charge is 0.444 e. The maximum absolute atomic E-state index is 14.1. The van der Waals surface area contributed by atoms with E-state index in [1.54, 1.807) is 4.90 Å². The van der Waals surface area contributed by atoms with Gasteiger partial charge in [0, 0.05) is 31.6 Å². The average Bonchev–Trinajstić information content (AvgIpc) is 3.47. The van der Waals surface area contributed by atoms with Crippen LogP contribution in [0.5, 0.6) is 0 Å². The standard InChI is InChI=1S/C33H42N2O6/c1-31(2,3)41-30(37)34-17-16-27(36)33(21-34)18-24(25-19-39-32(4,5)40-25)35-26(33)20-38-29(23-14-10-7-11-15-23)28(35)22-12-8-6-9-13-22/h6-15,24-26,28-29H,16-21H2,1-5H3/t24-,25+,26+,28-,29+,33-/m1/s1. The molecule has 0 bridgehead atoms. The van der Waals surface area contributed by atoms with Crippen molar-refractivity contribution in [2.24, 2.45) is 5.41 Å². The Labute approximate surface area is 242 Å². The lowest BCUT2D eigenvalue weighted by molar-refractivity contribution is -0.165. The van der Waals surface area contributed by atoms with Gasteiger partial charge in [-0.1, -0.05) is 60.7 Å². The predicted octanol–water partition coefficient (Wildman–Crippen LogP) is 5.29. The number of amides is 1. The third kappa shape index (κ3) is 5.31. The van der Waals surface area contributed by atoms with E-state index in [1.165, 1.54) is 0 Å². The molecule has 4 aliphatic rings. The molecule has 4 saturated heterocycles. The lowest BCUT2D eigenvalue weighted by Gasteiger charge is -2.50. The van der Waals surface area contributed by atoms with E-state index in [0.717, 1.165) is 11.1 Å². The number of hydrogen-bond donors (Lipinski definition) is 0. The monoisotopic (exact) mass is 562 g/mol. The minimum Gasteiger partial charge on any atom is -0.444 e. The Bertz CT molecular complexity index is 1260. The molecule has 8 heteroatoms. The zero-order chi connectivity index (χ0) is 29.0. The molecule has 0 unspecified atom stereocenters. The predicted molar refractivity (Wildman–Crippen MR) is 153 cm³/mol. The third-order valence-corrected chi connectivity index (χ3v) is 9.01. The van der Waals surface area contributed by atoms with Gasteiger partial charge in [-0.15, -0.1) is 0 Å². The SMILES string of the molecule is CC(C)(C)OC(=O)N1CCC(=O)[C@]2(C[C@H]([C@@H]3COC(C)(C)O3)N3[C@H](c4ccccc4)[C@H](c4ccccc4)OC[C@H]32)C1. The maximum Gasteiger partial charge on any atom is 0.410 e. The summed E-state index contributed by atoms with van der Waals surface area (Å²) in [7, 11) is 0. The van der Waals surface area contributed by atoms with Gasteiger partial charge in [0.15, 0.2) is 5.79 Å². The van der Waals surface area contributed by atoms with Crippen molar-refractivity contribution in [1.29, 1.82) is 0 Å². The summed E-state index contributed by atoms with van der Waals surface area (Å²) in [5.74, 6) is -0.524. The number of hydrogen-bond acceptors (Lipinski definition) is 7. The van der Waals surface area contributed by atoms with E-state index in [1.807, 2.05) is 58.9 Å². The van der Waals surface area contributed by atoms with Crippen molar-refractivity contribution in [3.05, 3.63) is 71.8 Å². The van der Waals surface area contributed by atoms with Crippen LogP contribution in [-0.4, -0.2) is 77.6 Å². The lowest BCUT2D eigenvalue weighted by atomic mass is 9.71. The first-order chi connectivity index (χ1) is 19.5. The fourth-order valence-corrected chi connectivity index (χ4v) is 7.31. The molecule has 0 aromatic heterocycles. The quantitative estimate of drug-likeness (QED) is 0.503. The summed E-state index contributed by atoms with van der Waals surface area (Å²) < 4.78 is 25.1. The molecule has 1 spiro atoms. The third-order valence-electron chi connectivity index (χ3n) is 9.01. The smallest absolute Gasteiger partial charge is 0.410 e. The molecule has 6 rings (SSSR count). The number of benzene rings is 2. The van der Waals surface area contributed by atoms with E-state index < -0.39 is 16.8 Å². The van der Waals surface area contributed by atoms with Crippen molar-refractivity contribution in [2.45, 2.75) is 89.2 Å². The molecule has 4 aliphatic heterocycles. The number of rotatable bonds is 3. The summed E-state index contributed by atoms with van der Waals surface area (Å²) in [5.41, 5.74) is 0.795. The molecule has 6 atom stereocenters. The summed E-state index contributed by atoms with van der Waals surface area (Å²) >= 11 is 0. The van der Waals surface area contributed by atoms with Crippen LogP contribution in [0.15, 0.2) is 60.7 Å². The number of ether oxygens (including phenoxy) is 4. The van der Waals surface area contributed by atoms with Crippen LogP contribution in [0.4, 0.5) is 4.79 Å². The highest BCUT2D eigenvalue weighted by atomic mass is 16.7. The number of ketones is 1. The van der Waals surface area contributed by atoms with E-state index in [-0.39, 0.29) is 42.2 Å². The van der Waals surface area contributed by atoms with Crippen LogP contribution in [0.1, 0.15) is 70.7 Å². The molecule has 0 N–H and O–H groups in total. The van der Waals surface area contributed by atoms with Crippen LogP contribution < -0.4 is 0 Å². The van der Waals surface area contributed by atoms with Crippen molar-refractivity contribution in [2.75, 3.05) is 26.3 Å². The Morgan fingerprint density at radius 1 is 0.976 bits per heavy atom. The molecular weight excluding hydrogens is 520 g/mol. The Kier molecular flexibility index (Phi) is 7.25. The van der Waals surface area contributed by atoms with Crippen molar-refractivity contribution in [3.8, 4) is 0 Å². The molecule has 0 aliphatic carbocycles. The van der Waals surface area contributed by atoms with Crippen LogP contribution in [0.3, 0.4) is 0 Å². The van der Waals surface area contributed by atoms with Crippen molar-refractivity contribution in [1.82, 2.24) is 9.80 Å². The Morgan fingerprint density at radius 2 is 1.63 bits per heavy atom. The molecule has 2 aromatic carbocycles.